The van der Waals surface area contributed by atoms with Crippen molar-refractivity contribution in [3.05, 3.63) is 93.5 Å². The highest BCUT2D eigenvalue weighted by Gasteiger charge is 2.60. The van der Waals surface area contributed by atoms with Crippen molar-refractivity contribution in [3.8, 4) is 0 Å². The Bertz CT molecular complexity index is 2590. The SMILES string of the molecule is Cc1cc(C(=O)Nc2cc(C(=O)OCC(O)COCC(F)(F)C(F)(F)F)cc(C(=O)OCC(O)COCC(F)(F)C(F)(F)F)c2)cc(C(=O)Nc2cc(C(=O)OCC(O)COCC(F)(F)C(F)(F)F)cc(C(=O)OCC(O)COCC(F)(F)C(F)(F)F)c2)c1. The summed E-state index contributed by atoms with van der Waals surface area (Å²) in [5, 5.41) is 44.5. The molecule has 0 bridgehead atoms. The van der Waals surface area contributed by atoms with Gasteiger partial charge in [-0.3, -0.25) is 9.59 Å². The average molecular weight is 1330 g/mol. The summed E-state index contributed by atoms with van der Waals surface area (Å²) in [7, 11) is 0. The van der Waals surface area contributed by atoms with Crippen molar-refractivity contribution in [2.75, 3.05) is 89.9 Å². The molecule has 0 aliphatic heterocycles. The van der Waals surface area contributed by atoms with Crippen LogP contribution in [0.4, 0.5) is 99.2 Å². The van der Waals surface area contributed by atoms with Gasteiger partial charge in [-0.15, -0.1) is 0 Å². The van der Waals surface area contributed by atoms with Crippen molar-refractivity contribution in [1.82, 2.24) is 0 Å². The molecule has 0 spiro atoms. The molecule has 0 aromatic heterocycles. The summed E-state index contributed by atoms with van der Waals surface area (Å²) in [6.07, 6.45) is -32.6. The maximum atomic E-state index is 13.8. The molecule has 2 amide bonds. The number of hydrogen-bond donors (Lipinski definition) is 6. The Kier molecular flexibility index (Phi) is 26.5. The minimum Gasteiger partial charge on any atom is -0.459 e. The molecule has 0 heterocycles. The summed E-state index contributed by atoms with van der Waals surface area (Å²) >= 11 is 0. The third kappa shape index (κ3) is 23.9. The van der Waals surface area contributed by atoms with Gasteiger partial charge in [0, 0.05) is 22.5 Å². The van der Waals surface area contributed by atoms with E-state index in [2.05, 4.69) is 29.6 Å². The molecular formula is C49H46F20N2O18. The highest BCUT2D eigenvalue weighted by Crippen LogP contribution is 2.38. The second kappa shape index (κ2) is 31.0. The van der Waals surface area contributed by atoms with Gasteiger partial charge in [-0.05, 0) is 67.1 Å². The minimum atomic E-state index is -6.06. The third-order valence-electron chi connectivity index (χ3n) is 10.6. The van der Waals surface area contributed by atoms with E-state index in [0.29, 0.717) is 12.1 Å². The van der Waals surface area contributed by atoms with Crippen LogP contribution in [0, 0.1) is 6.92 Å². The van der Waals surface area contributed by atoms with Crippen LogP contribution in [0.1, 0.15) is 67.7 Å². The van der Waals surface area contributed by atoms with Crippen LogP contribution in [0.2, 0.25) is 0 Å². The lowest BCUT2D eigenvalue weighted by Crippen LogP contribution is -2.41. The van der Waals surface area contributed by atoms with Crippen LogP contribution in [0.25, 0.3) is 0 Å². The van der Waals surface area contributed by atoms with E-state index in [1.165, 1.54) is 6.92 Å². The van der Waals surface area contributed by atoms with Crippen molar-refractivity contribution in [2.24, 2.45) is 0 Å². The molecule has 40 heteroatoms. The van der Waals surface area contributed by atoms with Crippen LogP contribution < -0.4 is 10.6 Å². The molecule has 0 aliphatic carbocycles. The average Bonchev–Trinajstić information content (AvgIpc) is 1.31. The van der Waals surface area contributed by atoms with Gasteiger partial charge in [0.1, 0.15) is 77.3 Å². The first-order valence-electron chi connectivity index (χ1n) is 24.2. The molecule has 4 atom stereocenters. The number of anilines is 2. The first-order valence-corrected chi connectivity index (χ1v) is 24.2. The molecule has 3 rings (SSSR count). The Balaban J connectivity index is 1.93. The number of aliphatic hydroxyl groups is 4. The lowest BCUT2D eigenvalue weighted by molar-refractivity contribution is -0.298. The fourth-order valence-corrected chi connectivity index (χ4v) is 6.16. The predicted molar refractivity (Wildman–Crippen MR) is 252 cm³/mol. The molecule has 6 N–H and O–H groups in total. The highest BCUT2D eigenvalue weighted by atomic mass is 19.4. The van der Waals surface area contributed by atoms with E-state index in [-0.39, 0.29) is 5.56 Å². The maximum Gasteiger partial charge on any atom is 0.455 e. The molecule has 0 fully saturated rings. The van der Waals surface area contributed by atoms with Crippen LogP contribution in [-0.2, 0) is 37.9 Å². The van der Waals surface area contributed by atoms with Gasteiger partial charge >= 0.3 is 72.3 Å². The number of esters is 4. The van der Waals surface area contributed by atoms with Crippen molar-refractivity contribution < 1.29 is 175 Å². The first kappa shape index (κ1) is 76.0. The van der Waals surface area contributed by atoms with E-state index in [4.69, 9.17) is 18.9 Å². The fraction of sp³-hybridized carbons (Fsp3) is 0.510. The molecular weight excluding hydrogens is 1280 g/mol. The lowest BCUT2D eigenvalue weighted by atomic mass is 10.0. The first-order chi connectivity index (χ1) is 40.6. The number of amides is 2. The molecule has 0 aliphatic rings. The Morgan fingerprint density at radius 2 is 0.539 bits per heavy atom. The zero-order chi connectivity index (χ0) is 67.9. The maximum absolute atomic E-state index is 13.8. The summed E-state index contributed by atoms with van der Waals surface area (Å²) in [5.41, 5.74) is -5.20. The highest BCUT2D eigenvalue weighted by molar-refractivity contribution is 6.10. The number of nitrogens with one attached hydrogen (secondary N) is 2. The minimum absolute atomic E-state index is 0.0645. The smallest absolute Gasteiger partial charge is 0.455 e. The summed E-state index contributed by atoms with van der Waals surface area (Å²) < 4.78 is 291. The van der Waals surface area contributed by atoms with E-state index in [1.54, 1.807) is 0 Å². The van der Waals surface area contributed by atoms with Gasteiger partial charge in [0.2, 0.25) is 0 Å². The lowest BCUT2D eigenvalue weighted by Gasteiger charge is -2.20. The van der Waals surface area contributed by atoms with E-state index in [0.717, 1.165) is 42.5 Å². The summed E-state index contributed by atoms with van der Waals surface area (Å²) in [5.74, 6) is -30.2. The second-order valence-electron chi connectivity index (χ2n) is 18.5. The van der Waals surface area contributed by atoms with Crippen LogP contribution >= 0.6 is 0 Å². The number of hydrogen-bond acceptors (Lipinski definition) is 18. The Morgan fingerprint density at radius 3 is 0.742 bits per heavy atom. The number of alkyl halides is 20. The number of benzene rings is 3. The Labute approximate surface area is 484 Å². The molecule has 20 nitrogen and oxygen atoms in total. The molecule has 3 aromatic carbocycles. The van der Waals surface area contributed by atoms with E-state index < -0.39 is 233 Å². The molecule has 3 aromatic rings. The van der Waals surface area contributed by atoms with Gasteiger partial charge in [-0.25, -0.2) is 19.2 Å². The largest absolute Gasteiger partial charge is 0.459 e. The zero-order valence-corrected chi connectivity index (χ0v) is 44.6. The van der Waals surface area contributed by atoms with Gasteiger partial charge in [-0.1, -0.05) is 0 Å². The predicted octanol–water partition coefficient (Wildman–Crippen LogP) is 7.43. The van der Waals surface area contributed by atoms with Gasteiger partial charge in [0.15, 0.2) is 0 Å². The number of aryl methyl sites for hydroxylation is 1. The Morgan fingerprint density at radius 1 is 0.337 bits per heavy atom. The molecule has 89 heavy (non-hydrogen) atoms. The summed E-state index contributed by atoms with van der Waals surface area (Å²) in [4.78, 5) is 80.1. The summed E-state index contributed by atoms with van der Waals surface area (Å²) in [6.45, 7) is -17.8. The number of carbonyl (C=O) groups excluding carboxylic acids is 6. The van der Waals surface area contributed by atoms with Crippen molar-refractivity contribution in [1.29, 1.82) is 0 Å². The van der Waals surface area contributed by atoms with Crippen molar-refractivity contribution >= 4 is 47.1 Å². The third-order valence-corrected chi connectivity index (χ3v) is 10.6. The van der Waals surface area contributed by atoms with Crippen LogP contribution in [-0.4, -0.2) is 208 Å². The monoisotopic (exact) mass is 1330 g/mol. The normalized spacial score (nSPS) is 14.3. The fourth-order valence-electron chi connectivity index (χ4n) is 6.16. The molecule has 0 radical (unpaired) electrons. The van der Waals surface area contributed by atoms with Crippen molar-refractivity contribution in [2.45, 2.75) is 79.7 Å². The Hall–Kier alpha value is -7.24. The second-order valence-corrected chi connectivity index (χ2v) is 18.5. The topological polar surface area (TPSA) is 281 Å². The summed E-state index contributed by atoms with van der Waals surface area (Å²) in [6, 6.07) is 7.22. The van der Waals surface area contributed by atoms with Gasteiger partial charge in [0.05, 0.1) is 48.7 Å². The number of aliphatic hydroxyl groups excluding tert-OH is 4. The standard InChI is InChI=1S/C49H46F20N2O18/c1-23-2-24(36(76)70-30-7-26(38(78)86-15-32(72)11-82-19-42(50,51)46(58,59)60)5-27(8-30)39(79)87-16-33(73)12-83-20-43(52,53)47(61,62)63)4-25(3-23)37(77)71-31-9-28(40(80)88-17-34(74)13-84-21-44(54,55)48(64,65)66)6-29(10-31)41(81)89-18-35(75)14-85-22-45(56,57)49(67,68)69/h2-10,32-35,72-75H,11-22H2,1H3,(H,70,76)(H,71,77). The molecule has 0 saturated heterocycles. The number of rotatable bonds is 32. The molecule has 4 unspecified atom stereocenters. The van der Waals surface area contributed by atoms with Crippen LogP contribution in [0.5, 0.6) is 0 Å². The van der Waals surface area contributed by atoms with Gasteiger partial charge in [-0.2, -0.15) is 87.8 Å². The van der Waals surface area contributed by atoms with E-state index in [9.17, 15) is 137 Å². The molecule has 500 valence electrons. The molecule has 0 saturated carbocycles. The number of carbonyl (C=O) groups is 6. The number of ether oxygens (including phenoxy) is 8. The van der Waals surface area contributed by atoms with Gasteiger partial charge < -0.3 is 69.0 Å². The van der Waals surface area contributed by atoms with E-state index in [1.807, 2.05) is 0 Å². The quantitative estimate of drug-likeness (QED) is 0.0201. The van der Waals surface area contributed by atoms with Gasteiger partial charge in [0.25, 0.3) is 11.8 Å². The number of halogens is 20. The van der Waals surface area contributed by atoms with Crippen molar-refractivity contribution in [3.63, 3.8) is 0 Å². The van der Waals surface area contributed by atoms with Crippen LogP contribution in [0.15, 0.2) is 54.6 Å². The van der Waals surface area contributed by atoms with Crippen LogP contribution in [0.3, 0.4) is 0 Å². The zero-order valence-electron chi connectivity index (χ0n) is 44.6. The van der Waals surface area contributed by atoms with E-state index >= 15 is 0 Å².